The third-order valence-corrected chi connectivity index (χ3v) is 10.6. The van der Waals surface area contributed by atoms with Gasteiger partial charge in [-0.15, -0.1) is 0 Å². The summed E-state index contributed by atoms with van der Waals surface area (Å²) in [5.74, 6) is -3.01. The van der Waals surface area contributed by atoms with Gasteiger partial charge in [0.15, 0.2) is 24.8 Å². The Morgan fingerprint density at radius 1 is 0.703 bits per heavy atom. The first kappa shape index (κ1) is 48.2. The molecule has 2 amide bonds. The molecule has 17 heteroatoms. The number of carbonyl (C=O) groups is 5. The van der Waals surface area contributed by atoms with Crippen LogP contribution in [0.2, 0.25) is 0 Å². The van der Waals surface area contributed by atoms with E-state index in [1.54, 1.807) is 0 Å². The van der Waals surface area contributed by atoms with Gasteiger partial charge in [0, 0.05) is 40.7 Å². The highest BCUT2D eigenvalue weighted by Crippen LogP contribution is 2.39. The van der Waals surface area contributed by atoms with E-state index >= 15 is 0 Å². The number of nitrogens with zero attached hydrogens (tertiary/aromatic N) is 1. The van der Waals surface area contributed by atoms with Crippen molar-refractivity contribution in [3.8, 4) is 0 Å². The number of benzene rings is 3. The van der Waals surface area contributed by atoms with Crippen molar-refractivity contribution >= 4 is 29.9 Å². The van der Waals surface area contributed by atoms with E-state index in [-0.39, 0.29) is 32.8 Å². The molecule has 0 aliphatic carbocycles. The quantitative estimate of drug-likeness (QED) is 0.100. The maximum atomic E-state index is 13.4. The first-order valence-corrected chi connectivity index (χ1v) is 21.4. The topological polar surface area (TPSA) is 190 Å². The second-order valence-corrected chi connectivity index (χ2v) is 15.6. The van der Waals surface area contributed by atoms with E-state index < -0.39 is 104 Å². The van der Waals surface area contributed by atoms with Crippen LogP contribution in [-0.2, 0) is 91.1 Å². The first-order chi connectivity index (χ1) is 30.9. The predicted molar refractivity (Wildman–Crippen MR) is 224 cm³/mol. The van der Waals surface area contributed by atoms with E-state index in [4.69, 9.17) is 52.1 Å². The molecule has 0 N–H and O–H groups in total. The van der Waals surface area contributed by atoms with Crippen LogP contribution in [0.1, 0.15) is 64.2 Å². The Morgan fingerprint density at radius 3 is 1.83 bits per heavy atom. The number of fused-ring (bicyclic) bond motifs is 1. The van der Waals surface area contributed by atoms with Crippen LogP contribution in [0.15, 0.2) is 91.0 Å². The Balaban J connectivity index is 1.38. The summed E-state index contributed by atoms with van der Waals surface area (Å²) in [5, 5.41) is 0. The van der Waals surface area contributed by atoms with Crippen molar-refractivity contribution in [3.63, 3.8) is 0 Å². The summed E-state index contributed by atoms with van der Waals surface area (Å²) in [5.41, 5.74) is 2.72. The molecule has 3 heterocycles. The highest BCUT2D eigenvalue weighted by molar-refractivity contribution is 5.92. The molecule has 3 aliphatic heterocycles. The fraction of sp³-hybridized carbons (Fsp3) is 0.511. The summed E-state index contributed by atoms with van der Waals surface area (Å²) in [6.07, 6.45) is -12.0. The second-order valence-electron chi connectivity index (χ2n) is 15.6. The lowest BCUT2D eigenvalue weighted by Crippen LogP contribution is -2.65. The third kappa shape index (κ3) is 13.2. The number of hydrogen-bond donors (Lipinski definition) is 0. The molecule has 3 aliphatic rings. The highest BCUT2D eigenvalue weighted by Gasteiger charge is 2.59. The minimum atomic E-state index is -1.55. The summed E-state index contributed by atoms with van der Waals surface area (Å²) in [7, 11) is 0. The van der Waals surface area contributed by atoms with Crippen molar-refractivity contribution < 1.29 is 76.1 Å². The van der Waals surface area contributed by atoms with Crippen molar-refractivity contribution in [2.75, 3.05) is 19.8 Å². The predicted octanol–water partition coefficient (Wildman–Crippen LogP) is 5.19. The highest BCUT2D eigenvalue weighted by atomic mass is 16.8. The Kier molecular flexibility index (Phi) is 17.8. The number of ether oxygens (including phenoxy) is 11. The van der Waals surface area contributed by atoms with Crippen molar-refractivity contribution in [2.24, 2.45) is 0 Å². The molecule has 64 heavy (non-hydrogen) atoms. The van der Waals surface area contributed by atoms with E-state index in [9.17, 15) is 24.0 Å². The second kappa shape index (κ2) is 23.6. The molecular formula is C47H57NO16. The largest absolute Gasteiger partial charge is 0.462 e. The number of hydrogen-bond acceptors (Lipinski definition) is 16. The molecule has 3 unspecified atom stereocenters. The van der Waals surface area contributed by atoms with Gasteiger partial charge in [-0.25, -0.2) is 9.69 Å². The molecule has 17 nitrogen and oxygen atoms in total. The lowest BCUT2D eigenvalue weighted by molar-refractivity contribution is -0.359. The van der Waals surface area contributed by atoms with E-state index in [2.05, 4.69) is 0 Å². The van der Waals surface area contributed by atoms with Gasteiger partial charge in [-0.2, -0.15) is 0 Å². The monoisotopic (exact) mass is 891 g/mol. The van der Waals surface area contributed by atoms with Gasteiger partial charge in [-0.1, -0.05) is 97.9 Å². The fourth-order valence-electron chi connectivity index (χ4n) is 7.94. The molecule has 346 valence electrons. The van der Waals surface area contributed by atoms with Crippen molar-refractivity contribution in [1.82, 2.24) is 4.90 Å². The van der Waals surface area contributed by atoms with Crippen LogP contribution in [-0.4, -0.2) is 122 Å². The van der Waals surface area contributed by atoms with Crippen molar-refractivity contribution in [1.29, 1.82) is 0 Å². The van der Waals surface area contributed by atoms with Crippen molar-refractivity contribution in [2.45, 2.75) is 135 Å². The summed E-state index contributed by atoms with van der Waals surface area (Å²) in [6.45, 7) is 6.92. The molecule has 11 atom stereocenters. The van der Waals surface area contributed by atoms with Gasteiger partial charge in [0.25, 0.3) is 0 Å². The molecule has 6 rings (SSSR count). The Labute approximate surface area is 372 Å². The average Bonchev–Trinajstić information content (AvgIpc) is 3.62. The van der Waals surface area contributed by atoms with Gasteiger partial charge in [0.2, 0.25) is 5.91 Å². The average molecular weight is 892 g/mol. The summed E-state index contributed by atoms with van der Waals surface area (Å²) in [6, 6.07) is 27.7. The molecule has 0 bridgehead atoms. The molecule has 3 fully saturated rings. The van der Waals surface area contributed by atoms with Gasteiger partial charge in [-0.3, -0.25) is 19.2 Å². The summed E-state index contributed by atoms with van der Waals surface area (Å²) in [4.78, 5) is 64.4. The summed E-state index contributed by atoms with van der Waals surface area (Å²) >= 11 is 0. The lowest BCUT2D eigenvalue weighted by atomic mass is 9.91. The number of imide groups is 1. The molecule has 3 aromatic carbocycles. The maximum absolute atomic E-state index is 13.4. The minimum Gasteiger partial charge on any atom is -0.462 e. The van der Waals surface area contributed by atoms with Crippen LogP contribution in [0.3, 0.4) is 0 Å². The van der Waals surface area contributed by atoms with Crippen LogP contribution in [0.4, 0.5) is 4.79 Å². The molecule has 0 aromatic heterocycles. The van der Waals surface area contributed by atoms with Gasteiger partial charge in [-0.05, 0) is 23.1 Å². The van der Waals surface area contributed by atoms with Crippen LogP contribution < -0.4 is 0 Å². The molecule has 0 saturated carbocycles. The molecule has 0 radical (unpaired) electrons. The number of carbonyl (C=O) groups excluding carboxylic acids is 5. The first-order valence-electron chi connectivity index (χ1n) is 21.4. The van der Waals surface area contributed by atoms with Crippen LogP contribution in [0.25, 0.3) is 0 Å². The normalized spacial score (nSPS) is 26.2. The maximum Gasteiger partial charge on any atom is 0.417 e. The molecule has 3 saturated heterocycles. The zero-order valence-corrected chi connectivity index (χ0v) is 36.6. The number of amides is 2. The molecule has 0 spiro atoms. The summed E-state index contributed by atoms with van der Waals surface area (Å²) < 4.78 is 68.7. The Morgan fingerprint density at radius 2 is 1.28 bits per heavy atom. The lowest BCUT2D eigenvalue weighted by Gasteiger charge is -2.48. The number of rotatable bonds is 21. The molecular weight excluding hydrogens is 835 g/mol. The van der Waals surface area contributed by atoms with Gasteiger partial charge in [0.1, 0.15) is 49.3 Å². The van der Waals surface area contributed by atoms with Crippen molar-refractivity contribution in [3.05, 3.63) is 108 Å². The van der Waals surface area contributed by atoms with Gasteiger partial charge < -0.3 is 52.1 Å². The zero-order valence-electron chi connectivity index (χ0n) is 36.6. The smallest absolute Gasteiger partial charge is 0.417 e. The number of esters is 3. The third-order valence-electron chi connectivity index (χ3n) is 10.6. The van der Waals surface area contributed by atoms with Gasteiger partial charge >= 0.3 is 24.0 Å². The fourth-order valence-corrected chi connectivity index (χ4v) is 7.94. The zero-order chi connectivity index (χ0) is 45.6. The van der Waals surface area contributed by atoms with Gasteiger partial charge in [0.05, 0.1) is 26.4 Å². The molecule has 3 aromatic rings. The van der Waals surface area contributed by atoms with Crippen LogP contribution in [0, 0.1) is 0 Å². The van der Waals surface area contributed by atoms with E-state index in [0.717, 1.165) is 42.4 Å². The van der Waals surface area contributed by atoms with E-state index in [1.807, 2.05) is 97.9 Å². The van der Waals surface area contributed by atoms with Crippen LogP contribution in [0.5, 0.6) is 0 Å². The van der Waals surface area contributed by atoms with Crippen LogP contribution >= 0.6 is 0 Å². The Bertz CT molecular complexity index is 1970. The van der Waals surface area contributed by atoms with E-state index in [0.29, 0.717) is 13.0 Å². The standard InChI is InChI=1S/C47H57NO16/c1-6-22-55-46-45(64-39-23-36-40(48(29(2)49)47(53)62-36)43(63-39)42(60-32(5)52)38(59-31(4)51)28-56-30(3)50)44(58-26-35-20-14-9-15-21-35)41(57-25-34-18-12-8-13-19-34)37(61-46)27-54-24-33-16-10-7-11-17-33/h7-21,36-46H,6,22-28H2,1-5H3/t36-,37+,38?,39?,40+,41-,42?,43+,44-,45+,46+/m0/s1. The SMILES string of the molecule is CCCO[C@@H]1O[C@H](COCc2ccccc2)[C@H](OCc2ccccc2)[C@H](OCc2ccccc2)[C@H]1OC1C[C@@H]2OC(=O)N(C(C)=O)[C@H]2[C@H](C(OC(C)=O)C(COC(C)=O)OC(C)=O)O1. The Hall–Kier alpha value is -5.27. The minimum absolute atomic E-state index is 0.0881. The van der Waals surface area contributed by atoms with E-state index in [1.165, 1.54) is 6.92 Å².